The standard InChI is InChI=1S/C14H12FNO/c15-11-6-7-16-14(9-11)10-2-1-3-13(8-10)17-12-4-5-12/h1-3,6-9,12H,4-5H2. The lowest BCUT2D eigenvalue weighted by Crippen LogP contribution is -1.95. The Bertz CT molecular complexity index is 537. The molecule has 86 valence electrons. The molecule has 3 heteroatoms. The summed E-state index contributed by atoms with van der Waals surface area (Å²) in [5, 5.41) is 0. The van der Waals surface area contributed by atoms with Crippen molar-refractivity contribution in [1.29, 1.82) is 0 Å². The zero-order valence-electron chi connectivity index (χ0n) is 9.27. The summed E-state index contributed by atoms with van der Waals surface area (Å²) in [6.07, 6.45) is 4.09. The summed E-state index contributed by atoms with van der Waals surface area (Å²) in [7, 11) is 0. The fraction of sp³-hybridized carbons (Fsp3) is 0.214. The number of aromatic nitrogens is 1. The number of nitrogens with zero attached hydrogens (tertiary/aromatic N) is 1. The Morgan fingerprint density at radius 1 is 1.18 bits per heavy atom. The predicted octanol–water partition coefficient (Wildman–Crippen LogP) is 3.43. The van der Waals surface area contributed by atoms with Gasteiger partial charge in [0.25, 0.3) is 0 Å². The molecule has 0 N–H and O–H groups in total. The molecule has 0 bridgehead atoms. The maximum absolute atomic E-state index is 13.1. The van der Waals surface area contributed by atoms with Crippen LogP contribution in [0.25, 0.3) is 11.3 Å². The topological polar surface area (TPSA) is 22.1 Å². The van der Waals surface area contributed by atoms with Gasteiger partial charge < -0.3 is 4.74 Å². The highest BCUT2D eigenvalue weighted by molar-refractivity contribution is 5.60. The second-order valence-electron chi connectivity index (χ2n) is 4.20. The second kappa shape index (κ2) is 4.17. The molecule has 1 aromatic heterocycles. The Hall–Kier alpha value is -1.90. The molecule has 0 aliphatic heterocycles. The van der Waals surface area contributed by atoms with Crippen LogP contribution in [0.15, 0.2) is 42.6 Å². The number of benzene rings is 1. The Kier molecular flexibility index (Phi) is 2.52. The maximum atomic E-state index is 13.1. The van der Waals surface area contributed by atoms with E-state index < -0.39 is 0 Å². The van der Waals surface area contributed by atoms with Gasteiger partial charge in [-0.1, -0.05) is 12.1 Å². The number of ether oxygens (including phenoxy) is 1. The lowest BCUT2D eigenvalue weighted by Gasteiger charge is -2.06. The first-order valence-electron chi connectivity index (χ1n) is 5.70. The van der Waals surface area contributed by atoms with Crippen LogP contribution in [0.3, 0.4) is 0 Å². The summed E-state index contributed by atoms with van der Waals surface area (Å²) in [6, 6.07) is 10.4. The zero-order valence-corrected chi connectivity index (χ0v) is 9.27. The van der Waals surface area contributed by atoms with Crippen molar-refractivity contribution in [3.8, 4) is 17.0 Å². The molecule has 0 spiro atoms. The van der Waals surface area contributed by atoms with E-state index in [0.29, 0.717) is 11.8 Å². The van der Waals surface area contributed by atoms with Crippen LogP contribution in [-0.4, -0.2) is 11.1 Å². The van der Waals surface area contributed by atoms with E-state index >= 15 is 0 Å². The third-order valence-electron chi connectivity index (χ3n) is 2.68. The number of hydrogen-bond donors (Lipinski definition) is 0. The van der Waals surface area contributed by atoms with Crippen LogP contribution in [-0.2, 0) is 0 Å². The van der Waals surface area contributed by atoms with Gasteiger partial charge in [-0.15, -0.1) is 0 Å². The minimum atomic E-state index is -0.275. The van der Waals surface area contributed by atoms with Crippen molar-refractivity contribution in [2.24, 2.45) is 0 Å². The molecule has 3 rings (SSSR count). The Balaban J connectivity index is 1.91. The quantitative estimate of drug-likeness (QED) is 0.804. The molecule has 0 unspecified atom stereocenters. The van der Waals surface area contributed by atoms with Crippen LogP contribution in [0.1, 0.15) is 12.8 Å². The molecule has 1 heterocycles. The Morgan fingerprint density at radius 3 is 2.82 bits per heavy atom. The second-order valence-corrected chi connectivity index (χ2v) is 4.20. The first-order valence-corrected chi connectivity index (χ1v) is 5.70. The molecule has 1 saturated carbocycles. The minimum absolute atomic E-state index is 0.275. The van der Waals surface area contributed by atoms with Crippen molar-refractivity contribution in [1.82, 2.24) is 4.98 Å². The molecule has 0 saturated heterocycles. The summed E-state index contributed by atoms with van der Waals surface area (Å²) < 4.78 is 18.8. The first-order chi connectivity index (χ1) is 8.31. The Morgan fingerprint density at radius 2 is 2.06 bits per heavy atom. The van der Waals surface area contributed by atoms with Gasteiger partial charge in [0.05, 0.1) is 11.8 Å². The van der Waals surface area contributed by atoms with Gasteiger partial charge in [-0.3, -0.25) is 4.98 Å². The molecule has 2 aromatic rings. The molecule has 1 fully saturated rings. The fourth-order valence-corrected chi connectivity index (χ4v) is 1.67. The third-order valence-corrected chi connectivity index (χ3v) is 2.68. The largest absolute Gasteiger partial charge is 0.490 e. The van der Waals surface area contributed by atoms with E-state index in [1.807, 2.05) is 24.3 Å². The molecule has 1 aliphatic rings. The van der Waals surface area contributed by atoms with Gasteiger partial charge in [0.1, 0.15) is 11.6 Å². The highest BCUT2D eigenvalue weighted by Crippen LogP contribution is 2.29. The summed E-state index contributed by atoms with van der Waals surface area (Å²) in [5.41, 5.74) is 1.51. The average Bonchev–Trinajstić information content (AvgIpc) is 3.13. The van der Waals surface area contributed by atoms with Crippen LogP contribution in [0.2, 0.25) is 0 Å². The van der Waals surface area contributed by atoms with E-state index in [-0.39, 0.29) is 5.82 Å². The summed E-state index contributed by atoms with van der Waals surface area (Å²) in [4.78, 5) is 4.15. The van der Waals surface area contributed by atoms with Crippen molar-refractivity contribution < 1.29 is 9.13 Å². The van der Waals surface area contributed by atoms with Crippen LogP contribution < -0.4 is 4.74 Å². The molecule has 2 nitrogen and oxygen atoms in total. The van der Waals surface area contributed by atoms with E-state index in [1.54, 1.807) is 0 Å². The SMILES string of the molecule is Fc1ccnc(-c2cccc(OC3CC3)c2)c1. The molecule has 1 aromatic carbocycles. The van der Waals surface area contributed by atoms with Crippen molar-refractivity contribution in [3.63, 3.8) is 0 Å². The van der Waals surface area contributed by atoms with Gasteiger partial charge in [0, 0.05) is 17.8 Å². The van der Waals surface area contributed by atoms with Gasteiger partial charge in [-0.2, -0.15) is 0 Å². The lowest BCUT2D eigenvalue weighted by molar-refractivity contribution is 0.303. The van der Waals surface area contributed by atoms with E-state index in [0.717, 1.165) is 24.2 Å². The van der Waals surface area contributed by atoms with Crippen molar-refractivity contribution in [3.05, 3.63) is 48.4 Å². The van der Waals surface area contributed by atoms with E-state index in [4.69, 9.17) is 4.74 Å². The minimum Gasteiger partial charge on any atom is -0.490 e. The van der Waals surface area contributed by atoms with Gasteiger partial charge >= 0.3 is 0 Å². The molecule has 0 radical (unpaired) electrons. The summed E-state index contributed by atoms with van der Waals surface area (Å²) in [6.45, 7) is 0. The van der Waals surface area contributed by atoms with Crippen molar-refractivity contribution in [2.75, 3.05) is 0 Å². The molecular formula is C14H12FNO. The highest BCUT2D eigenvalue weighted by Gasteiger charge is 2.23. The number of rotatable bonds is 3. The van der Waals surface area contributed by atoms with Crippen molar-refractivity contribution in [2.45, 2.75) is 18.9 Å². The van der Waals surface area contributed by atoms with Crippen LogP contribution >= 0.6 is 0 Å². The fourth-order valence-electron chi connectivity index (χ4n) is 1.67. The van der Waals surface area contributed by atoms with Gasteiger partial charge in [-0.05, 0) is 31.0 Å². The molecule has 0 amide bonds. The smallest absolute Gasteiger partial charge is 0.126 e. The molecule has 1 aliphatic carbocycles. The average molecular weight is 229 g/mol. The van der Waals surface area contributed by atoms with E-state index in [1.165, 1.54) is 18.3 Å². The summed E-state index contributed by atoms with van der Waals surface area (Å²) in [5.74, 6) is 0.555. The molecular weight excluding hydrogens is 217 g/mol. The van der Waals surface area contributed by atoms with Crippen LogP contribution in [0, 0.1) is 5.82 Å². The zero-order chi connectivity index (χ0) is 11.7. The number of pyridine rings is 1. The first kappa shape index (κ1) is 10.3. The highest BCUT2D eigenvalue weighted by atomic mass is 19.1. The monoisotopic (exact) mass is 229 g/mol. The predicted molar refractivity (Wildman–Crippen MR) is 63.3 cm³/mol. The number of hydrogen-bond acceptors (Lipinski definition) is 2. The van der Waals surface area contributed by atoms with E-state index in [9.17, 15) is 4.39 Å². The van der Waals surface area contributed by atoms with Gasteiger partial charge in [0.15, 0.2) is 0 Å². The molecule has 0 atom stereocenters. The van der Waals surface area contributed by atoms with Crippen LogP contribution in [0.4, 0.5) is 4.39 Å². The Labute approximate surface area is 99.1 Å². The van der Waals surface area contributed by atoms with Gasteiger partial charge in [-0.25, -0.2) is 4.39 Å². The summed E-state index contributed by atoms with van der Waals surface area (Å²) >= 11 is 0. The maximum Gasteiger partial charge on any atom is 0.126 e. The van der Waals surface area contributed by atoms with Gasteiger partial charge in [0.2, 0.25) is 0 Å². The van der Waals surface area contributed by atoms with E-state index in [2.05, 4.69) is 4.98 Å². The third kappa shape index (κ3) is 2.44. The number of halogens is 1. The normalized spacial score (nSPS) is 14.6. The lowest BCUT2D eigenvalue weighted by atomic mass is 10.1. The van der Waals surface area contributed by atoms with Crippen LogP contribution in [0.5, 0.6) is 5.75 Å². The van der Waals surface area contributed by atoms with Crippen molar-refractivity contribution >= 4 is 0 Å². The molecule has 17 heavy (non-hydrogen) atoms.